The summed E-state index contributed by atoms with van der Waals surface area (Å²) in [7, 11) is 1.85. The highest BCUT2D eigenvalue weighted by Gasteiger charge is 2.21. The number of nitrogens with zero attached hydrogens (tertiary/aromatic N) is 3. The molecule has 0 saturated carbocycles. The van der Waals surface area contributed by atoms with Gasteiger partial charge >= 0.3 is 0 Å². The number of aliphatic imine (C=N–C) groups is 1. The van der Waals surface area contributed by atoms with Crippen LogP contribution in [0.1, 0.15) is 55.0 Å². The van der Waals surface area contributed by atoms with Crippen molar-refractivity contribution in [3.05, 3.63) is 65.5 Å². The molecule has 32 heavy (non-hydrogen) atoms. The minimum Gasteiger partial charge on any atom is -0.373 e. The summed E-state index contributed by atoms with van der Waals surface area (Å²) in [5, 5.41) is 7.06. The van der Waals surface area contributed by atoms with Gasteiger partial charge in [-0.3, -0.25) is 14.9 Å². The maximum atomic E-state index is 6.22. The minimum atomic E-state index is 0.258. The average Bonchev–Trinajstić information content (AvgIpc) is 2.85. The van der Waals surface area contributed by atoms with E-state index in [0.717, 1.165) is 70.1 Å². The Kier molecular flexibility index (Phi) is 8.51. The van der Waals surface area contributed by atoms with Crippen molar-refractivity contribution in [2.75, 3.05) is 33.3 Å². The number of nitrogens with one attached hydrogen (secondary N) is 2. The Morgan fingerprint density at radius 2 is 1.97 bits per heavy atom. The summed E-state index contributed by atoms with van der Waals surface area (Å²) in [6, 6.07) is 15.3. The van der Waals surface area contributed by atoms with Crippen LogP contribution in [0.3, 0.4) is 0 Å². The van der Waals surface area contributed by atoms with Crippen LogP contribution in [0.2, 0.25) is 0 Å². The number of pyridine rings is 1. The van der Waals surface area contributed by atoms with Crippen molar-refractivity contribution in [1.82, 2.24) is 20.5 Å². The number of hydrogen-bond acceptors (Lipinski definition) is 4. The van der Waals surface area contributed by atoms with Crippen LogP contribution >= 0.6 is 0 Å². The lowest BCUT2D eigenvalue weighted by Crippen LogP contribution is -2.48. The van der Waals surface area contributed by atoms with Crippen molar-refractivity contribution >= 4 is 5.96 Å². The van der Waals surface area contributed by atoms with Gasteiger partial charge in [0.25, 0.3) is 0 Å². The number of benzene rings is 1. The number of rotatable bonds is 8. The molecule has 1 atom stereocenters. The summed E-state index contributed by atoms with van der Waals surface area (Å²) in [5.41, 5.74) is 3.99. The van der Waals surface area contributed by atoms with Gasteiger partial charge in [-0.1, -0.05) is 30.3 Å². The van der Waals surface area contributed by atoms with E-state index in [1.165, 1.54) is 24.0 Å². The molecular formula is C26H37N5O. The lowest BCUT2D eigenvalue weighted by Gasteiger charge is -2.32. The summed E-state index contributed by atoms with van der Waals surface area (Å²) in [4.78, 5) is 11.3. The van der Waals surface area contributed by atoms with Crippen molar-refractivity contribution in [2.24, 2.45) is 4.99 Å². The van der Waals surface area contributed by atoms with Crippen LogP contribution in [0.4, 0.5) is 0 Å². The molecule has 1 aliphatic carbocycles. The number of aryl methyl sites for hydroxylation is 1. The fourth-order valence-corrected chi connectivity index (χ4v) is 4.73. The largest absolute Gasteiger partial charge is 0.373 e. The van der Waals surface area contributed by atoms with Gasteiger partial charge in [0.05, 0.1) is 11.8 Å². The second-order valence-corrected chi connectivity index (χ2v) is 8.82. The first-order valence-corrected chi connectivity index (χ1v) is 12.1. The molecule has 0 bridgehead atoms. The molecule has 4 rings (SSSR count). The van der Waals surface area contributed by atoms with Crippen LogP contribution in [0.15, 0.2) is 53.7 Å². The monoisotopic (exact) mass is 435 g/mol. The summed E-state index contributed by atoms with van der Waals surface area (Å²) < 4.78 is 6.22. The average molecular weight is 436 g/mol. The van der Waals surface area contributed by atoms with Crippen molar-refractivity contribution in [2.45, 2.75) is 57.2 Å². The molecule has 1 aromatic carbocycles. The Labute approximate surface area is 192 Å². The fourth-order valence-electron chi connectivity index (χ4n) is 4.73. The van der Waals surface area contributed by atoms with Crippen molar-refractivity contribution in [3.8, 4) is 0 Å². The third-order valence-electron chi connectivity index (χ3n) is 6.51. The first kappa shape index (κ1) is 22.7. The van der Waals surface area contributed by atoms with Gasteiger partial charge in [-0.15, -0.1) is 0 Å². The van der Waals surface area contributed by atoms with E-state index in [1.807, 2.05) is 19.3 Å². The second kappa shape index (κ2) is 12.0. The van der Waals surface area contributed by atoms with E-state index in [-0.39, 0.29) is 6.10 Å². The third-order valence-corrected chi connectivity index (χ3v) is 6.51. The molecule has 172 valence electrons. The second-order valence-electron chi connectivity index (χ2n) is 8.82. The molecule has 2 aliphatic rings. The minimum absolute atomic E-state index is 0.258. The van der Waals surface area contributed by atoms with E-state index in [9.17, 15) is 0 Å². The zero-order valence-electron chi connectivity index (χ0n) is 19.3. The highest BCUT2D eigenvalue weighted by molar-refractivity contribution is 5.79. The topological polar surface area (TPSA) is 61.8 Å². The Morgan fingerprint density at radius 3 is 2.78 bits per heavy atom. The quantitative estimate of drug-likeness (QED) is 0.376. The molecule has 2 N–H and O–H groups in total. The molecule has 0 spiro atoms. The van der Waals surface area contributed by atoms with Gasteiger partial charge in [-0.05, 0) is 61.8 Å². The van der Waals surface area contributed by atoms with E-state index < -0.39 is 0 Å². The van der Waals surface area contributed by atoms with E-state index in [1.54, 1.807) is 0 Å². The van der Waals surface area contributed by atoms with Gasteiger partial charge in [0.1, 0.15) is 0 Å². The van der Waals surface area contributed by atoms with Gasteiger partial charge in [-0.2, -0.15) is 0 Å². The number of ether oxygens (including phenoxy) is 1. The zero-order chi connectivity index (χ0) is 22.0. The van der Waals surface area contributed by atoms with Crippen molar-refractivity contribution in [1.29, 1.82) is 0 Å². The van der Waals surface area contributed by atoms with Gasteiger partial charge < -0.3 is 15.4 Å². The summed E-state index contributed by atoms with van der Waals surface area (Å²) in [6.45, 7) is 4.75. The Balaban J connectivity index is 1.11. The van der Waals surface area contributed by atoms with E-state index >= 15 is 0 Å². The van der Waals surface area contributed by atoms with Crippen molar-refractivity contribution in [3.63, 3.8) is 0 Å². The first-order valence-electron chi connectivity index (χ1n) is 12.1. The summed E-state index contributed by atoms with van der Waals surface area (Å²) in [6.07, 6.45) is 8.88. The Bertz CT molecular complexity index is 848. The van der Waals surface area contributed by atoms with Crippen LogP contribution in [0, 0.1) is 0 Å². The molecule has 2 heterocycles. The molecule has 1 saturated heterocycles. The lowest BCUT2D eigenvalue weighted by atomic mass is 9.89. The smallest absolute Gasteiger partial charge is 0.191 e. The molecule has 1 aromatic heterocycles. The first-order chi connectivity index (χ1) is 15.8. The van der Waals surface area contributed by atoms with Gasteiger partial charge in [0, 0.05) is 52.1 Å². The molecule has 0 amide bonds. The number of hydrogen-bond donors (Lipinski definition) is 2. The molecule has 1 unspecified atom stereocenters. The standard InChI is InChI=1S/C26H37N5O/c1-27-26(30-22-13-17-31(18-14-22)20-23-10-4-5-15-28-23)29-16-7-19-32-25-12-6-9-21-8-2-3-11-24(21)25/h2-5,8,10-11,15,22,25H,6-7,9,12-14,16-20H2,1H3,(H2,27,29,30). The number of guanidine groups is 1. The predicted octanol–water partition coefficient (Wildman–Crippen LogP) is 3.70. The number of piperidine rings is 1. The van der Waals surface area contributed by atoms with Crippen LogP contribution < -0.4 is 10.6 Å². The molecule has 2 aromatic rings. The SMILES string of the molecule is CN=C(NCCCOC1CCCc2ccccc21)NC1CCN(Cc2ccccn2)CC1. The molecular weight excluding hydrogens is 398 g/mol. The van der Waals surface area contributed by atoms with Crippen LogP contribution in [0.25, 0.3) is 0 Å². The maximum Gasteiger partial charge on any atom is 0.191 e. The number of fused-ring (bicyclic) bond motifs is 1. The van der Waals surface area contributed by atoms with Crippen LogP contribution in [-0.4, -0.2) is 55.2 Å². The predicted molar refractivity (Wildman–Crippen MR) is 130 cm³/mol. The van der Waals surface area contributed by atoms with Crippen LogP contribution in [0.5, 0.6) is 0 Å². The molecule has 0 radical (unpaired) electrons. The zero-order valence-corrected chi connectivity index (χ0v) is 19.3. The summed E-state index contributed by atoms with van der Waals surface area (Å²) in [5.74, 6) is 0.899. The normalized spacial score (nSPS) is 20.0. The van der Waals surface area contributed by atoms with E-state index in [2.05, 4.69) is 61.9 Å². The molecule has 1 fully saturated rings. The highest BCUT2D eigenvalue weighted by Crippen LogP contribution is 2.32. The Morgan fingerprint density at radius 1 is 1.12 bits per heavy atom. The number of likely N-dealkylation sites (tertiary alicyclic amines) is 1. The van der Waals surface area contributed by atoms with E-state index in [4.69, 9.17) is 4.74 Å². The summed E-state index contributed by atoms with van der Waals surface area (Å²) >= 11 is 0. The number of aromatic nitrogens is 1. The van der Waals surface area contributed by atoms with Gasteiger partial charge in [0.15, 0.2) is 5.96 Å². The van der Waals surface area contributed by atoms with E-state index in [0.29, 0.717) is 6.04 Å². The maximum absolute atomic E-state index is 6.22. The highest BCUT2D eigenvalue weighted by atomic mass is 16.5. The lowest BCUT2D eigenvalue weighted by molar-refractivity contribution is 0.0398. The fraction of sp³-hybridized carbons (Fsp3) is 0.538. The van der Waals surface area contributed by atoms with Gasteiger partial charge in [0.2, 0.25) is 0 Å². The molecule has 6 heteroatoms. The van der Waals surface area contributed by atoms with Crippen LogP contribution in [-0.2, 0) is 17.7 Å². The van der Waals surface area contributed by atoms with Crippen molar-refractivity contribution < 1.29 is 4.74 Å². The molecule has 6 nitrogen and oxygen atoms in total. The molecule has 1 aliphatic heterocycles. The Hall–Kier alpha value is -2.44. The third kappa shape index (κ3) is 6.53. The van der Waals surface area contributed by atoms with Gasteiger partial charge in [-0.25, -0.2) is 0 Å².